The third-order valence-corrected chi connectivity index (χ3v) is 2.52. The molecule has 2 atom stereocenters. The molecule has 0 aromatic heterocycles. The van der Waals surface area contributed by atoms with Gasteiger partial charge in [-0.1, -0.05) is 0 Å². The van der Waals surface area contributed by atoms with Gasteiger partial charge in [0.05, 0.1) is 6.10 Å². The van der Waals surface area contributed by atoms with Crippen molar-refractivity contribution in [3.05, 3.63) is 0 Å². The highest BCUT2D eigenvalue weighted by atomic mass is 16.6. The largest absolute Gasteiger partial charge is 0.378 e. The van der Waals surface area contributed by atoms with E-state index >= 15 is 0 Å². The standard InChI is InChI=1S/C11H22O4/c1-3-13-9-11(12,15-4-2)8-10-6-5-7-14-10/h10,12H,3-9H2,1-2H3. The molecule has 0 amide bonds. The van der Waals surface area contributed by atoms with Gasteiger partial charge in [-0.15, -0.1) is 0 Å². The minimum Gasteiger partial charge on any atom is -0.378 e. The maximum Gasteiger partial charge on any atom is 0.191 e. The first-order valence-electron chi connectivity index (χ1n) is 5.76. The smallest absolute Gasteiger partial charge is 0.191 e. The first kappa shape index (κ1) is 12.9. The molecule has 0 spiro atoms. The van der Waals surface area contributed by atoms with Gasteiger partial charge in [0.2, 0.25) is 0 Å². The SMILES string of the molecule is CCOCC(O)(CC1CCCO1)OCC. The maximum absolute atomic E-state index is 10.2. The Morgan fingerprint density at radius 2 is 2.20 bits per heavy atom. The lowest BCUT2D eigenvalue weighted by molar-refractivity contribution is -0.243. The molecule has 2 unspecified atom stereocenters. The molecule has 4 heteroatoms. The number of aliphatic hydroxyl groups is 1. The van der Waals surface area contributed by atoms with E-state index in [-0.39, 0.29) is 12.7 Å². The van der Waals surface area contributed by atoms with Gasteiger partial charge < -0.3 is 19.3 Å². The van der Waals surface area contributed by atoms with Crippen LogP contribution in [0, 0.1) is 0 Å². The predicted molar refractivity (Wildman–Crippen MR) is 56.7 cm³/mol. The van der Waals surface area contributed by atoms with Gasteiger partial charge in [-0.05, 0) is 26.7 Å². The highest BCUT2D eigenvalue weighted by molar-refractivity contribution is 4.76. The Kier molecular flexibility index (Phi) is 5.53. The maximum atomic E-state index is 10.2. The van der Waals surface area contributed by atoms with Crippen LogP contribution in [-0.4, -0.2) is 43.4 Å². The third kappa shape index (κ3) is 4.47. The minimum absolute atomic E-state index is 0.113. The normalized spacial score (nSPS) is 25.4. The average molecular weight is 218 g/mol. The molecule has 4 nitrogen and oxygen atoms in total. The Morgan fingerprint density at radius 1 is 1.40 bits per heavy atom. The van der Waals surface area contributed by atoms with Crippen molar-refractivity contribution in [2.75, 3.05) is 26.4 Å². The van der Waals surface area contributed by atoms with E-state index in [1.54, 1.807) is 0 Å². The van der Waals surface area contributed by atoms with E-state index in [1.807, 2.05) is 13.8 Å². The van der Waals surface area contributed by atoms with Crippen LogP contribution >= 0.6 is 0 Å². The summed E-state index contributed by atoms with van der Waals surface area (Å²) >= 11 is 0. The molecule has 1 aliphatic heterocycles. The summed E-state index contributed by atoms with van der Waals surface area (Å²) in [5, 5.41) is 10.2. The van der Waals surface area contributed by atoms with Gasteiger partial charge in [-0.3, -0.25) is 0 Å². The van der Waals surface area contributed by atoms with Crippen molar-refractivity contribution in [1.29, 1.82) is 0 Å². The average Bonchev–Trinajstić information content (AvgIpc) is 2.68. The Hall–Kier alpha value is -0.160. The Bertz CT molecular complexity index is 168. The Morgan fingerprint density at radius 3 is 2.73 bits per heavy atom. The lowest BCUT2D eigenvalue weighted by atomic mass is 10.1. The van der Waals surface area contributed by atoms with Crippen LogP contribution < -0.4 is 0 Å². The number of hydrogen-bond donors (Lipinski definition) is 1. The fourth-order valence-corrected chi connectivity index (χ4v) is 1.85. The highest BCUT2D eigenvalue weighted by Gasteiger charge is 2.33. The Labute approximate surface area is 91.5 Å². The van der Waals surface area contributed by atoms with Crippen LogP contribution in [0.3, 0.4) is 0 Å². The molecule has 1 saturated heterocycles. The molecule has 1 heterocycles. The molecule has 0 aromatic carbocycles. The molecule has 15 heavy (non-hydrogen) atoms. The first-order valence-corrected chi connectivity index (χ1v) is 5.76. The molecular weight excluding hydrogens is 196 g/mol. The van der Waals surface area contributed by atoms with Crippen molar-refractivity contribution in [3.8, 4) is 0 Å². The van der Waals surface area contributed by atoms with Crippen molar-refractivity contribution >= 4 is 0 Å². The molecule has 1 aliphatic rings. The predicted octanol–water partition coefficient (Wildman–Crippen LogP) is 1.32. The second-order valence-corrected chi connectivity index (χ2v) is 3.86. The zero-order chi connectivity index (χ0) is 11.1. The van der Waals surface area contributed by atoms with E-state index in [9.17, 15) is 5.11 Å². The highest BCUT2D eigenvalue weighted by Crippen LogP contribution is 2.24. The van der Waals surface area contributed by atoms with Crippen molar-refractivity contribution in [3.63, 3.8) is 0 Å². The molecule has 0 bridgehead atoms. The van der Waals surface area contributed by atoms with Crippen molar-refractivity contribution in [2.24, 2.45) is 0 Å². The molecule has 1 N–H and O–H groups in total. The van der Waals surface area contributed by atoms with Crippen LogP contribution in [0.1, 0.15) is 33.1 Å². The summed E-state index contributed by atoms with van der Waals surface area (Å²) < 4.78 is 16.1. The molecular formula is C11H22O4. The topological polar surface area (TPSA) is 47.9 Å². The van der Waals surface area contributed by atoms with Crippen LogP contribution in [0.2, 0.25) is 0 Å². The van der Waals surface area contributed by atoms with Gasteiger partial charge in [0.15, 0.2) is 5.79 Å². The zero-order valence-corrected chi connectivity index (χ0v) is 9.70. The molecule has 0 saturated carbocycles. The second kappa shape index (κ2) is 6.43. The van der Waals surface area contributed by atoms with E-state index in [0.29, 0.717) is 19.6 Å². The lowest BCUT2D eigenvalue weighted by Crippen LogP contribution is -2.41. The first-order chi connectivity index (χ1) is 7.20. The third-order valence-electron chi connectivity index (χ3n) is 2.52. The quantitative estimate of drug-likeness (QED) is 0.655. The summed E-state index contributed by atoms with van der Waals surface area (Å²) in [4.78, 5) is 0. The van der Waals surface area contributed by atoms with Crippen molar-refractivity contribution < 1.29 is 19.3 Å². The molecule has 0 aromatic rings. The number of rotatable bonds is 7. The summed E-state index contributed by atoms with van der Waals surface area (Å²) in [7, 11) is 0. The van der Waals surface area contributed by atoms with Gasteiger partial charge in [-0.2, -0.15) is 0 Å². The molecule has 90 valence electrons. The van der Waals surface area contributed by atoms with Gasteiger partial charge in [-0.25, -0.2) is 0 Å². The number of hydrogen-bond acceptors (Lipinski definition) is 4. The zero-order valence-electron chi connectivity index (χ0n) is 9.70. The monoisotopic (exact) mass is 218 g/mol. The van der Waals surface area contributed by atoms with E-state index in [4.69, 9.17) is 14.2 Å². The number of ether oxygens (including phenoxy) is 3. The van der Waals surface area contributed by atoms with E-state index in [2.05, 4.69) is 0 Å². The van der Waals surface area contributed by atoms with Crippen LogP contribution in [0.5, 0.6) is 0 Å². The fourth-order valence-electron chi connectivity index (χ4n) is 1.85. The lowest BCUT2D eigenvalue weighted by Gasteiger charge is -2.29. The van der Waals surface area contributed by atoms with E-state index in [0.717, 1.165) is 19.4 Å². The molecule has 1 rings (SSSR count). The van der Waals surface area contributed by atoms with E-state index in [1.165, 1.54) is 0 Å². The summed E-state index contributed by atoms with van der Waals surface area (Å²) in [6, 6.07) is 0. The van der Waals surface area contributed by atoms with Crippen molar-refractivity contribution in [1.82, 2.24) is 0 Å². The summed E-state index contributed by atoms with van der Waals surface area (Å²) in [5.41, 5.74) is 0. The van der Waals surface area contributed by atoms with Gasteiger partial charge in [0.1, 0.15) is 6.61 Å². The van der Waals surface area contributed by atoms with Crippen LogP contribution in [-0.2, 0) is 14.2 Å². The minimum atomic E-state index is -1.18. The molecule has 0 aliphatic carbocycles. The molecule has 1 fully saturated rings. The van der Waals surface area contributed by atoms with Gasteiger partial charge in [0.25, 0.3) is 0 Å². The fraction of sp³-hybridized carbons (Fsp3) is 1.00. The van der Waals surface area contributed by atoms with Crippen LogP contribution in [0.4, 0.5) is 0 Å². The van der Waals surface area contributed by atoms with Gasteiger partial charge in [0, 0.05) is 26.2 Å². The Balaban J connectivity index is 2.39. The summed E-state index contributed by atoms with van der Waals surface area (Å²) in [6.45, 7) is 5.85. The summed E-state index contributed by atoms with van der Waals surface area (Å²) in [5.74, 6) is -1.18. The summed E-state index contributed by atoms with van der Waals surface area (Å²) in [6.07, 6.45) is 2.69. The van der Waals surface area contributed by atoms with Gasteiger partial charge >= 0.3 is 0 Å². The van der Waals surface area contributed by atoms with E-state index < -0.39 is 5.79 Å². The van der Waals surface area contributed by atoms with Crippen LogP contribution in [0.15, 0.2) is 0 Å². The molecule has 0 radical (unpaired) electrons. The van der Waals surface area contributed by atoms with Crippen molar-refractivity contribution in [2.45, 2.75) is 45.0 Å². The van der Waals surface area contributed by atoms with Crippen LogP contribution in [0.25, 0.3) is 0 Å². The second-order valence-electron chi connectivity index (χ2n) is 3.86.